The van der Waals surface area contributed by atoms with Crippen molar-refractivity contribution in [3.05, 3.63) is 18.2 Å². The molecular weight excluding hydrogens is 256 g/mol. The van der Waals surface area contributed by atoms with E-state index in [0.717, 1.165) is 31.4 Å². The zero-order valence-electron chi connectivity index (χ0n) is 11.1. The molecule has 104 valence electrons. The molecule has 6 heteroatoms. The van der Waals surface area contributed by atoms with Crippen LogP contribution >= 0.6 is 0 Å². The summed E-state index contributed by atoms with van der Waals surface area (Å²) in [6.45, 7) is 2.07. The SMILES string of the molecule is N#CCOc1ccc2oc(NC3CCNCC3)nc2c1. The zero-order chi connectivity index (χ0) is 13.8. The van der Waals surface area contributed by atoms with E-state index in [2.05, 4.69) is 15.6 Å². The Morgan fingerprint density at radius 3 is 3.10 bits per heavy atom. The van der Waals surface area contributed by atoms with Crippen LogP contribution in [0, 0.1) is 11.3 Å². The second kappa shape index (κ2) is 5.80. The minimum Gasteiger partial charge on any atom is -0.479 e. The summed E-state index contributed by atoms with van der Waals surface area (Å²) in [5, 5.41) is 15.1. The molecule has 0 atom stereocenters. The lowest BCUT2D eigenvalue weighted by molar-refractivity contribution is 0.368. The van der Waals surface area contributed by atoms with Gasteiger partial charge in [-0.05, 0) is 38.1 Å². The number of aromatic nitrogens is 1. The first-order valence-electron chi connectivity index (χ1n) is 6.73. The molecule has 1 aliphatic heterocycles. The summed E-state index contributed by atoms with van der Waals surface area (Å²) >= 11 is 0. The third-order valence-corrected chi connectivity index (χ3v) is 3.33. The van der Waals surface area contributed by atoms with E-state index in [1.807, 2.05) is 12.1 Å². The second-order valence-electron chi connectivity index (χ2n) is 4.76. The third-order valence-electron chi connectivity index (χ3n) is 3.33. The summed E-state index contributed by atoms with van der Waals surface area (Å²) in [5.74, 6) is 0.626. The summed E-state index contributed by atoms with van der Waals surface area (Å²) < 4.78 is 10.9. The highest BCUT2D eigenvalue weighted by Crippen LogP contribution is 2.24. The number of ether oxygens (including phenoxy) is 1. The van der Waals surface area contributed by atoms with E-state index in [1.165, 1.54) is 0 Å². The van der Waals surface area contributed by atoms with Gasteiger partial charge in [0.15, 0.2) is 12.2 Å². The molecule has 1 aromatic heterocycles. The maximum absolute atomic E-state index is 8.50. The van der Waals surface area contributed by atoms with E-state index in [1.54, 1.807) is 12.1 Å². The molecule has 0 unspecified atom stereocenters. The fourth-order valence-corrected chi connectivity index (χ4v) is 2.32. The molecule has 3 rings (SSSR count). The highest BCUT2D eigenvalue weighted by Gasteiger charge is 2.15. The van der Waals surface area contributed by atoms with Gasteiger partial charge in [0.2, 0.25) is 0 Å². The molecule has 1 aromatic carbocycles. The van der Waals surface area contributed by atoms with Gasteiger partial charge >= 0.3 is 0 Å². The van der Waals surface area contributed by atoms with Gasteiger partial charge in [-0.1, -0.05) is 0 Å². The van der Waals surface area contributed by atoms with Gasteiger partial charge in [0.1, 0.15) is 17.3 Å². The van der Waals surface area contributed by atoms with Crippen LogP contribution in [0.4, 0.5) is 6.01 Å². The zero-order valence-corrected chi connectivity index (χ0v) is 11.1. The van der Waals surface area contributed by atoms with Crippen molar-refractivity contribution in [2.24, 2.45) is 0 Å². The van der Waals surface area contributed by atoms with E-state index in [-0.39, 0.29) is 6.61 Å². The van der Waals surface area contributed by atoms with Gasteiger partial charge < -0.3 is 19.8 Å². The van der Waals surface area contributed by atoms with Crippen molar-refractivity contribution in [2.45, 2.75) is 18.9 Å². The summed E-state index contributed by atoms with van der Waals surface area (Å²) in [7, 11) is 0. The largest absolute Gasteiger partial charge is 0.479 e. The standard InChI is InChI=1S/C14H16N4O2/c15-5-8-19-11-1-2-13-12(9-11)18-14(20-13)17-10-3-6-16-7-4-10/h1-2,9-10,16H,3-4,6-8H2,(H,17,18). The van der Waals surface area contributed by atoms with Gasteiger partial charge in [-0.3, -0.25) is 0 Å². The minimum absolute atomic E-state index is 0.0313. The number of hydrogen-bond donors (Lipinski definition) is 2. The maximum atomic E-state index is 8.50. The molecule has 0 spiro atoms. The van der Waals surface area contributed by atoms with Crippen LogP contribution in [-0.4, -0.2) is 30.7 Å². The molecule has 2 N–H and O–H groups in total. The van der Waals surface area contributed by atoms with Crippen LogP contribution in [0.25, 0.3) is 11.1 Å². The molecule has 20 heavy (non-hydrogen) atoms. The molecule has 2 heterocycles. The van der Waals surface area contributed by atoms with Gasteiger partial charge in [0, 0.05) is 12.1 Å². The van der Waals surface area contributed by atoms with Crippen molar-refractivity contribution >= 4 is 17.1 Å². The topological polar surface area (TPSA) is 83.1 Å². The van der Waals surface area contributed by atoms with Crippen LogP contribution in [0.2, 0.25) is 0 Å². The summed E-state index contributed by atoms with van der Waals surface area (Å²) in [6, 6.07) is 8.25. The van der Waals surface area contributed by atoms with E-state index in [0.29, 0.717) is 23.4 Å². The van der Waals surface area contributed by atoms with Crippen LogP contribution in [0.15, 0.2) is 22.6 Å². The summed E-state index contributed by atoms with van der Waals surface area (Å²) in [5.41, 5.74) is 1.45. The lowest BCUT2D eigenvalue weighted by Gasteiger charge is -2.22. The predicted molar refractivity (Wildman–Crippen MR) is 74.6 cm³/mol. The van der Waals surface area contributed by atoms with Gasteiger partial charge in [-0.25, -0.2) is 0 Å². The number of hydrogen-bond acceptors (Lipinski definition) is 6. The van der Waals surface area contributed by atoms with Crippen molar-refractivity contribution < 1.29 is 9.15 Å². The Morgan fingerprint density at radius 2 is 2.30 bits per heavy atom. The Kier molecular flexibility index (Phi) is 3.70. The Bertz CT molecular complexity index is 626. The Hall–Kier alpha value is -2.26. The van der Waals surface area contributed by atoms with Crippen molar-refractivity contribution in [1.82, 2.24) is 10.3 Å². The van der Waals surface area contributed by atoms with Crippen LogP contribution in [-0.2, 0) is 0 Å². The van der Waals surface area contributed by atoms with Crippen molar-refractivity contribution in [1.29, 1.82) is 5.26 Å². The van der Waals surface area contributed by atoms with Crippen molar-refractivity contribution in [3.8, 4) is 11.8 Å². The first kappa shape index (κ1) is 12.8. The van der Waals surface area contributed by atoms with E-state index >= 15 is 0 Å². The normalized spacial score (nSPS) is 15.9. The van der Waals surface area contributed by atoms with Gasteiger partial charge in [-0.15, -0.1) is 0 Å². The molecule has 6 nitrogen and oxygen atoms in total. The molecule has 2 aromatic rings. The van der Waals surface area contributed by atoms with Gasteiger partial charge in [0.05, 0.1) is 0 Å². The minimum atomic E-state index is 0.0313. The highest BCUT2D eigenvalue weighted by atomic mass is 16.5. The number of nitriles is 1. The maximum Gasteiger partial charge on any atom is 0.295 e. The Labute approximate surface area is 116 Å². The molecule has 0 saturated carbocycles. The smallest absolute Gasteiger partial charge is 0.295 e. The first-order chi connectivity index (χ1) is 9.85. The molecule has 1 saturated heterocycles. The number of benzene rings is 1. The predicted octanol–water partition coefficient (Wildman–Crippen LogP) is 1.89. The second-order valence-corrected chi connectivity index (χ2v) is 4.76. The molecule has 1 fully saturated rings. The fourth-order valence-electron chi connectivity index (χ4n) is 2.32. The number of anilines is 1. The lowest BCUT2D eigenvalue weighted by Crippen LogP contribution is -2.35. The number of nitrogens with zero attached hydrogens (tertiary/aromatic N) is 2. The molecule has 1 aliphatic rings. The summed E-state index contributed by atoms with van der Waals surface area (Å²) in [4.78, 5) is 4.41. The Morgan fingerprint density at radius 1 is 1.45 bits per heavy atom. The molecule has 0 bridgehead atoms. The molecule has 0 amide bonds. The van der Waals surface area contributed by atoms with Crippen LogP contribution in [0.1, 0.15) is 12.8 Å². The van der Waals surface area contributed by atoms with E-state index in [4.69, 9.17) is 14.4 Å². The highest BCUT2D eigenvalue weighted by molar-refractivity contribution is 5.76. The van der Waals surface area contributed by atoms with Crippen molar-refractivity contribution in [3.63, 3.8) is 0 Å². The number of piperidine rings is 1. The van der Waals surface area contributed by atoms with Crippen LogP contribution < -0.4 is 15.4 Å². The third kappa shape index (κ3) is 2.83. The molecule has 0 radical (unpaired) electrons. The van der Waals surface area contributed by atoms with E-state index in [9.17, 15) is 0 Å². The Balaban J connectivity index is 1.74. The van der Waals surface area contributed by atoms with Crippen LogP contribution in [0.3, 0.4) is 0 Å². The monoisotopic (exact) mass is 272 g/mol. The van der Waals surface area contributed by atoms with Crippen molar-refractivity contribution in [2.75, 3.05) is 25.0 Å². The molecular formula is C14H16N4O2. The number of oxazole rings is 1. The van der Waals surface area contributed by atoms with Gasteiger partial charge in [-0.2, -0.15) is 10.2 Å². The average Bonchev–Trinajstić information content (AvgIpc) is 2.87. The number of fused-ring (bicyclic) bond motifs is 1. The van der Waals surface area contributed by atoms with Gasteiger partial charge in [0.25, 0.3) is 6.01 Å². The number of nitrogens with one attached hydrogen (secondary N) is 2. The summed E-state index contributed by atoms with van der Waals surface area (Å²) in [6.07, 6.45) is 2.13. The number of rotatable bonds is 4. The fraction of sp³-hybridized carbons (Fsp3) is 0.429. The quantitative estimate of drug-likeness (QED) is 0.884. The van der Waals surface area contributed by atoms with E-state index < -0.39 is 0 Å². The first-order valence-corrected chi connectivity index (χ1v) is 6.73. The molecule has 0 aliphatic carbocycles. The average molecular weight is 272 g/mol. The lowest BCUT2D eigenvalue weighted by atomic mass is 10.1. The van der Waals surface area contributed by atoms with Crippen LogP contribution in [0.5, 0.6) is 5.75 Å².